The van der Waals surface area contributed by atoms with Gasteiger partial charge in [0, 0.05) is 11.8 Å². The molecule has 1 atom stereocenters. The molecule has 7 heteroatoms. The van der Waals surface area contributed by atoms with E-state index in [2.05, 4.69) is 15.4 Å². The third kappa shape index (κ3) is 3.17. The molecule has 0 saturated heterocycles. The highest BCUT2D eigenvalue weighted by molar-refractivity contribution is 6.31. The number of hydrogen-bond acceptors (Lipinski definition) is 3. The molecule has 0 aromatic carbocycles. The number of rotatable bonds is 3. The molecule has 2 N–H and O–H groups in total. The molecule has 3 rings (SSSR count). The van der Waals surface area contributed by atoms with Crippen molar-refractivity contribution in [1.29, 1.82) is 0 Å². The summed E-state index contributed by atoms with van der Waals surface area (Å²) in [7, 11) is 0. The maximum absolute atomic E-state index is 12.3. The second-order valence-electron chi connectivity index (χ2n) is 5.91. The van der Waals surface area contributed by atoms with E-state index in [1.165, 1.54) is 6.07 Å². The number of pyridine rings is 1. The van der Waals surface area contributed by atoms with Crippen LogP contribution >= 0.6 is 11.6 Å². The van der Waals surface area contributed by atoms with Crippen LogP contribution < -0.4 is 10.9 Å². The fourth-order valence-corrected chi connectivity index (χ4v) is 3.19. The first-order chi connectivity index (χ1) is 11.0. The zero-order valence-electron chi connectivity index (χ0n) is 13.1. The quantitative estimate of drug-likeness (QED) is 0.901. The van der Waals surface area contributed by atoms with Crippen LogP contribution in [0.5, 0.6) is 0 Å². The summed E-state index contributed by atoms with van der Waals surface area (Å²) in [4.78, 5) is 26.6. The third-order valence-electron chi connectivity index (χ3n) is 4.25. The van der Waals surface area contributed by atoms with Crippen molar-refractivity contribution in [1.82, 2.24) is 20.1 Å². The number of nitrogens with zero attached hydrogens (tertiary/aromatic N) is 2. The summed E-state index contributed by atoms with van der Waals surface area (Å²) in [5.41, 5.74) is 3.32. The van der Waals surface area contributed by atoms with E-state index in [0.29, 0.717) is 5.02 Å². The largest absolute Gasteiger partial charge is 0.348 e. The Morgan fingerprint density at radius 2 is 2.26 bits per heavy atom. The van der Waals surface area contributed by atoms with Gasteiger partial charge in [-0.15, -0.1) is 0 Å². The molecule has 122 valence electrons. The molecule has 6 nitrogen and oxygen atoms in total. The Morgan fingerprint density at radius 3 is 2.96 bits per heavy atom. The Labute approximate surface area is 138 Å². The average molecular weight is 335 g/mol. The topological polar surface area (TPSA) is 79.8 Å². The maximum Gasteiger partial charge on any atom is 0.248 e. The van der Waals surface area contributed by atoms with E-state index >= 15 is 0 Å². The lowest BCUT2D eigenvalue weighted by molar-refractivity contribution is -0.122. The summed E-state index contributed by atoms with van der Waals surface area (Å²) in [5, 5.41) is 7.90. The fraction of sp³-hybridized carbons (Fsp3) is 0.438. The number of aryl methyl sites for hydroxylation is 2. The first kappa shape index (κ1) is 15.8. The van der Waals surface area contributed by atoms with Gasteiger partial charge in [-0.1, -0.05) is 11.6 Å². The highest BCUT2D eigenvalue weighted by Gasteiger charge is 2.23. The molecule has 23 heavy (non-hydrogen) atoms. The van der Waals surface area contributed by atoms with Gasteiger partial charge in [-0.25, -0.2) is 0 Å². The molecule has 2 heterocycles. The van der Waals surface area contributed by atoms with Crippen molar-refractivity contribution < 1.29 is 4.79 Å². The van der Waals surface area contributed by atoms with Gasteiger partial charge in [0.15, 0.2) is 0 Å². The third-order valence-corrected chi connectivity index (χ3v) is 4.80. The highest BCUT2D eigenvalue weighted by atomic mass is 35.5. The lowest BCUT2D eigenvalue weighted by Crippen LogP contribution is -2.34. The summed E-state index contributed by atoms with van der Waals surface area (Å²) < 4.78 is 1.61. The molecular weight excluding hydrogens is 316 g/mol. The number of amides is 1. The lowest BCUT2D eigenvalue weighted by Gasteiger charge is -2.26. The molecule has 0 saturated carbocycles. The van der Waals surface area contributed by atoms with Gasteiger partial charge in [-0.05, 0) is 44.7 Å². The number of hydrogen-bond donors (Lipinski definition) is 2. The van der Waals surface area contributed by atoms with Crippen molar-refractivity contribution in [3.8, 4) is 0 Å². The fourth-order valence-electron chi connectivity index (χ4n) is 3.06. The summed E-state index contributed by atoms with van der Waals surface area (Å²) >= 11 is 6.11. The maximum atomic E-state index is 12.3. The number of aromatic amines is 1. The van der Waals surface area contributed by atoms with Crippen LogP contribution in [0.1, 0.15) is 41.5 Å². The molecule has 2 aromatic rings. The Hall–Kier alpha value is -2.08. The van der Waals surface area contributed by atoms with Crippen molar-refractivity contribution >= 4 is 17.5 Å². The van der Waals surface area contributed by atoms with Crippen LogP contribution in [0, 0.1) is 13.8 Å². The Kier molecular flexibility index (Phi) is 4.26. The van der Waals surface area contributed by atoms with Crippen LogP contribution in [0.2, 0.25) is 5.02 Å². The number of carbonyl (C=O) groups excluding carboxylic acids is 1. The summed E-state index contributed by atoms with van der Waals surface area (Å²) in [6.45, 7) is 3.79. The van der Waals surface area contributed by atoms with Crippen molar-refractivity contribution in [2.45, 2.75) is 45.7 Å². The van der Waals surface area contributed by atoms with E-state index in [9.17, 15) is 9.59 Å². The van der Waals surface area contributed by atoms with Crippen molar-refractivity contribution in [3.63, 3.8) is 0 Å². The summed E-state index contributed by atoms with van der Waals surface area (Å²) in [6.07, 6.45) is 2.64. The second kappa shape index (κ2) is 6.20. The average Bonchev–Trinajstić information content (AvgIpc) is 2.74. The van der Waals surface area contributed by atoms with Gasteiger partial charge in [0.05, 0.1) is 22.5 Å². The van der Waals surface area contributed by atoms with E-state index in [0.717, 1.165) is 41.9 Å². The molecule has 0 fully saturated rings. The van der Waals surface area contributed by atoms with Crippen molar-refractivity contribution in [2.24, 2.45) is 0 Å². The van der Waals surface area contributed by atoms with E-state index in [1.54, 1.807) is 10.7 Å². The molecular formula is C16H19ClN4O2. The molecule has 0 aliphatic heterocycles. The van der Waals surface area contributed by atoms with E-state index in [1.807, 2.05) is 13.8 Å². The van der Waals surface area contributed by atoms with Crippen LogP contribution in [0.3, 0.4) is 0 Å². The second-order valence-corrected chi connectivity index (χ2v) is 6.29. The first-order valence-electron chi connectivity index (χ1n) is 7.66. The van der Waals surface area contributed by atoms with Gasteiger partial charge < -0.3 is 10.3 Å². The van der Waals surface area contributed by atoms with Crippen molar-refractivity contribution in [2.75, 3.05) is 0 Å². The van der Waals surface area contributed by atoms with Crippen LogP contribution in [0.25, 0.3) is 0 Å². The van der Waals surface area contributed by atoms with E-state index in [-0.39, 0.29) is 24.1 Å². The van der Waals surface area contributed by atoms with Crippen LogP contribution in [0.4, 0.5) is 0 Å². The molecule has 0 spiro atoms. The zero-order chi connectivity index (χ0) is 16.6. The Morgan fingerprint density at radius 1 is 1.48 bits per heavy atom. The van der Waals surface area contributed by atoms with Crippen LogP contribution in [-0.2, 0) is 17.8 Å². The van der Waals surface area contributed by atoms with Gasteiger partial charge in [0.2, 0.25) is 11.5 Å². The number of carbonyl (C=O) groups is 1. The molecule has 1 aliphatic rings. The number of nitrogens with one attached hydrogen (secondary N) is 2. The molecule has 1 unspecified atom stereocenters. The predicted octanol–water partition coefficient (Wildman–Crippen LogP) is 2.04. The number of fused-ring (bicyclic) bond motifs is 1. The smallest absolute Gasteiger partial charge is 0.248 e. The normalized spacial score (nSPS) is 16.9. The van der Waals surface area contributed by atoms with Crippen LogP contribution in [-0.4, -0.2) is 20.7 Å². The molecule has 1 aliphatic carbocycles. The standard InChI is InChI=1S/C16H19ClN4O2/c1-9-16(17)10(2)21(20-9)8-15(23)19-13-5-3-4-12-11(13)6-7-14(22)18-12/h6-7,13H,3-5,8H2,1-2H3,(H,18,22)(H,19,23). The SMILES string of the molecule is Cc1nn(CC(=O)NC2CCCc3[nH]c(=O)ccc32)c(C)c1Cl. The van der Waals surface area contributed by atoms with E-state index < -0.39 is 0 Å². The summed E-state index contributed by atoms with van der Waals surface area (Å²) in [5.74, 6) is -0.115. The Balaban J connectivity index is 1.74. The molecule has 1 amide bonds. The van der Waals surface area contributed by atoms with Gasteiger partial charge in [-0.2, -0.15) is 5.10 Å². The molecule has 0 bridgehead atoms. The lowest BCUT2D eigenvalue weighted by atomic mass is 9.91. The Bertz CT molecular complexity index is 809. The molecule has 2 aromatic heterocycles. The predicted molar refractivity (Wildman–Crippen MR) is 87.6 cm³/mol. The van der Waals surface area contributed by atoms with E-state index in [4.69, 9.17) is 11.6 Å². The number of aromatic nitrogens is 3. The van der Waals surface area contributed by atoms with Crippen LogP contribution in [0.15, 0.2) is 16.9 Å². The monoisotopic (exact) mass is 334 g/mol. The zero-order valence-corrected chi connectivity index (χ0v) is 13.9. The minimum absolute atomic E-state index is 0.0736. The van der Waals surface area contributed by atoms with Gasteiger partial charge in [0.25, 0.3) is 0 Å². The first-order valence-corrected chi connectivity index (χ1v) is 8.04. The van der Waals surface area contributed by atoms with Gasteiger partial charge in [-0.3, -0.25) is 14.3 Å². The summed E-state index contributed by atoms with van der Waals surface area (Å²) in [6, 6.07) is 3.23. The number of halogens is 1. The van der Waals surface area contributed by atoms with Gasteiger partial charge in [0.1, 0.15) is 6.54 Å². The minimum atomic E-state index is -0.115. The molecule has 0 radical (unpaired) electrons. The number of H-pyrrole nitrogens is 1. The minimum Gasteiger partial charge on any atom is -0.348 e. The highest BCUT2D eigenvalue weighted by Crippen LogP contribution is 2.27. The van der Waals surface area contributed by atoms with Gasteiger partial charge >= 0.3 is 0 Å². The van der Waals surface area contributed by atoms with Crippen molar-refractivity contribution in [3.05, 3.63) is 50.2 Å².